The van der Waals surface area contributed by atoms with E-state index in [1.54, 1.807) is 18.2 Å². The maximum atomic E-state index is 13.0. The molecule has 1 heterocycles. The van der Waals surface area contributed by atoms with Crippen LogP contribution in [0.3, 0.4) is 0 Å². The zero-order chi connectivity index (χ0) is 18.2. The number of benzene rings is 2. The average Bonchev–Trinajstić information content (AvgIpc) is 2.59. The van der Waals surface area contributed by atoms with E-state index in [2.05, 4.69) is 6.58 Å². The SMILES string of the molecule is C=CCN1C(=O)N(c2ccc(C(C)=O)cc2)S(=O)(=O)c2ccccc21. The first kappa shape index (κ1) is 16.9. The van der Waals surface area contributed by atoms with Crippen molar-refractivity contribution in [3.05, 3.63) is 66.7 Å². The Bertz CT molecular complexity index is 965. The molecule has 2 amide bonds. The Morgan fingerprint density at radius 1 is 1.12 bits per heavy atom. The summed E-state index contributed by atoms with van der Waals surface area (Å²) in [5, 5.41) is 0. The molecule has 6 nitrogen and oxygen atoms in total. The molecule has 1 aliphatic rings. The first-order valence-electron chi connectivity index (χ1n) is 7.55. The highest BCUT2D eigenvalue weighted by Gasteiger charge is 2.41. The highest BCUT2D eigenvalue weighted by molar-refractivity contribution is 7.94. The molecule has 0 unspecified atom stereocenters. The summed E-state index contributed by atoms with van der Waals surface area (Å²) in [5.41, 5.74) is 0.941. The normalized spacial score (nSPS) is 15.6. The van der Waals surface area contributed by atoms with E-state index < -0.39 is 16.1 Å². The molecule has 0 spiro atoms. The van der Waals surface area contributed by atoms with Gasteiger partial charge in [0.15, 0.2) is 5.78 Å². The predicted molar refractivity (Wildman–Crippen MR) is 95.5 cm³/mol. The number of hydrogen-bond acceptors (Lipinski definition) is 4. The Hall–Kier alpha value is -2.93. The van der Waals surface area contributed by atoms with E-state index >= 15 is 0 Å². The van der Waals surface area contributed by atoms with E-state index in [9.17, 15) is 18.0 Å². The monoisotopic (exact) mass is 356 g/mol. The quantitative estimate of drug-likeness (QED) is 0.623. The van der Waals surface area contributed by atoms with Gasteiger partial charge >= 0.3 is 6.03 Å². The molecule has 128 valence electrons. The molecular formula is C18H16N2O4S. The highest BCUT2D eigenvalue weighted by Crippen LogP contribution is 2.37. The molecule has 0 aromatic heterocycles. The Balaban J connectivity index is 2.18. The number of ketones is 1. The minimum Gasteiger partial charge on any atom is -0.295 e. The maximum Gasteiger partial charge on any atom is 0.343 e. The van der Waals surface area contributed by atoms with Gasteiger partial charge in [-0.1, -0.05) is 18.2 Å². The number of rotatable bonds is 4. The van der Waals surface area contributed by atoms with Gasteiger partial charge in [-0.15, -0.1) is 6.58 Å². The van der Waals surface area contributed by atoms with Crippen LogP contribution in [-0.2, 0) is 10.0 Å². The summed E-state index contributed by atoms with van der Waals surface area (Å²) in [6, 6.07) is 11.5. The van der Waals surface area contributed by atoms with Gasteiger partial charge in [-0.25, -0.2) is 13.2 Å². The molecule has 0 atom stereocenters. The van der Waals surface area contributed by atoms with Gasteiger partial charge in [0.05, 0.1) is 11.4 Å². The largest absolute Gasteiger partial charge is 0.343 e. The van der Waals surface area contributed by atoms with Gasteiger partial charge in [0.2, 0.25) is 0 Å². The second-order valence-electron chi connectivity index (χ2n) is 5.52. The van der Waals surface area contributed by atoms with Crippen LogP contribution < -0.4 is 9.21 Å². The fourth-order valence-corrected chi connectivity index (χ4v) is 4.29. The number of amides is 2. The van der Waals surface area contributed by atoms with Gasteiger partial charge in [-0.3, -0.25) is 9.69 Å². The Morgan fingerprint density at radius 2 is 1.76 bits per heavy atom. The molecule has 2 aromatic carbocycles. The van der Waals surface area contributed by atoms with Gasteiger partial charge in [0, 0.05) is 12.1 Å². The van der Waals surface area contributed by atoms with E-state index in [1.165, 1.54) is 48.2 Å². The average molecular weight is 356 g/mol. The van der Waals surface area contributed by atoms with Crippen molar-refractivity contribution in [1.29, 1.82) is 0 Å². The number of Topliss-reactive ketones (excluding diaryl/α,β-unsaturated/α-hetero) is 1. The van der Waals surface area contributed by atoms with E-state index in [1.807, 2.05) is 0 Å². The molecule has 0 bridgehead atoms. The predicted octanol–water partition coefficient (Wildman–Crippen LogP) is 3.21. The number of carbonyl (C=O) groups is 2. The van der Waals surface area contributed by atoms with Crippen molar-refractivity contribution in [1.82, 2.24) is 0 Å². The Kier molecular flexibility index (Phi) is 4.18. The number of nitrogens with zero attached hydrogens (tertiary/aromatic N) is 2. The van der Waals surface area contributed by atoms with Crippen LogP contribution in [0.15, 0.2) is 66.1 Å². The van der Waals surface area contributed by atoms with Crippen molar-refractivity contribution in [3.63, 3.8) is 0 Å². The third-order valence-corrected chi connectivity index (χ3v) is 5.65. The molecule has 3 rings (SSSR count). The van der Waals surface area contributed by atoms with Crippen LogP contribution in [-0.4, -0.2) is 26.8 Å². The number of sulfonamides is 1. The summed E-state index contributed by atoms with van der Waals surface area (Å²) in [4.78, 5) is 25.7. The molecule has 0 saturated heterocycles. The van der Waals surface area contributed by atoms with Crippen LogP contribution in [0.25, 0.3) is 0 Å². The van der Waals surface area contributed by atoms with Crippen molar-refractivity contribution in [2.24, 2.45) is 0 Å². The smallest absolute Gasteiger partial charge is 0.295 e. The van der Waals surface area contributed by atoms with Crippen molar-refractivity contribution < 1.29 is 18.0 Å². The molecule has 0 N–H and O–H groups in total. The van der Waals surface area contributed by atoms with Gasteiger partial charge in [0.1, 0.15) is 4.90 Å². The number of hydrogen-bond donors (Lipinski definition) is 0. The van der Waals surface area contributed by atoms with E-state index in [0.717, 1.165) is 4.31 Å². The third kappa shape index (κ3) is 2.72. The van der Waals surface area contributed by atoms with Gasteiger partial charge in [-0.05, 0) is 43.3 Å². The van der Waals surface area contributed by atoms with Crippen LogP contribution in [0.4, 0.5) is 16.2 Å². The molecule has 0 radical (unpaired) electrons. The van der Waals surface area contributed by atoms with Crippen LogP contribution in [0.2, 0.25) is 0 Å². The molecular weight excluding hydrogens is 340 g/mol. The Labute approximate surface area is 146 Å². The fraction of sp³-hybridized carbons (Fsp3) is 0.111. The lowest BCUT2D eigenvalue weighted by atomic mass is 10.1. The minimum atomic E-state index is -4.05. The summed E-state index contributed by atoms with van der Waals surface area (Å²) in [7, 11) is -4.05. The van der Waals surface area contributed by atoms with Gasteiger partial charge in [0.25, 0.3) is 10.0 Å². The van der Waals surface area contributed by atoms with E-state index in [-0.39, 0.29) is 22.9 Å². The molecule has 0 aliphatic carbocycles. The van der Waals surface area contributed by atoms with Crippen LogP contribution in [0.1, 0.15) is 17.3 Å². The van der Waals surface area contributed by atoms with Crippen molar-refractivity contribution in [3.8, 4) is 0 Å². The van der Waals surface area contributed by atoms with Crippen LogP contribution >= 0.6 is 0 Å². The summed E-state index contributed by atoms with van der Waals surface area (Å²) in [6.07, 6.45) is 1.53. The lowest BCUT2D eigenvalue weighted by Gasteiger charge is -2.35. The molecule has 25 heavy (non-hydrogen) atoms. The summed E-state index contributed by atoms with van der Waals surface area (Å²) in [5.74, 6) is -0.141. The zero-order valence-corrected chi connectivity index (χ0v) is 14.4. The molecule has 2 aromatic rings. The minimum absolute atomic E-state index is 0.0482. The first-order chi connectivity index (χ1) is 11.9. The first-order valence-corrected chi connectivity index (χ1v) is 8.99. The highest BCUT2D eigenvalue weighted by atomic mass is 32.2. The topological polar surface area (TPSA) is 74.8 Å². The molecule has 0 saturated carbocycles. The Morgan fingerprint density at radius 3 is 2.36 bits per heavy atom. The summed E-state index contributed by atoms with van der Waals surface area (Å²) < 4.78 is 26.7. The van der Waals surface area contributed by atoms with Gasteiger partial charge in [-0.2, -0.15) is 4.31 Å². The number of urea groups is 1. The number of fused-ring (bicyclic) bond motifs is 1. The lowest BCUT2D eigenvalue weighted by Crippen LogP contribution is -2.51. The van der Waals surface area contributed by atoms with Crippen molar-refractivity contribution in [2.75, 3.05) is 15.7 Å². The molecule has 1 aliphatic heterocycles. The van der Waals surface area contributed by atoms with E-state index in [4.69, 9.17) is 0 Å². The molecule has 7 heteroatoms. The van der Waals surface area contributed by atoms with Crippen LogP contribution in [0.5, 0.6) is 0 Å². The standard InChI is InChI=1S/C18H16N2O4S/c1-3-12-19-16-6-4-5-7-17(16)25(23,24)20(18(19)22)15-10-8-14(9-11-15)13(2)21/h3-11H,1,12H2,2H3. The third-order valence-electron chi connectivity index (χ3n) is 3.90. The number of carbonyl (C=O) groups excluding carboxylic acids is 2. The second kappa shape index (κ2) is 6.18. The van der Waals surface area contributed by atoms with Crippen molar-refractivity contribution >= 4 is 33.2 Å². The number of anilines is 2. The summed E-state index contributed by atoms with van der Waals surface area (Å²) in [6.45, 7) is 5.22. The number of para-hydroxylation sites is 1. The van der Waals surface area contributed by atoms with Gasteiger partial charge < -0.3 is 0 Å². The van der Waals surface area contributed by atoms with Crippen LogP contribution in [0, 0.1) is 0 Å². The fourth-order valence-electron chi connectivity index (χ4n) is 2.70. The zero-order valence-electron chi connectivity index (χ0n) is 13.5. The lowest BCUT2D eigenvalue weighted by molar-refractivity contribution is 0.101. The van der Waals surface area contributed by atoms with Crippen molar-refractivity contribution in [2.45, 2.75) is 11.8 Å². The summed E-state index contributed by atoms with van der Waals surface area (Å²) >= 11 is 0. The second-order valence-corrected chi connectivity index (χ2v) is 7.28. The van der Waals surface area contributed by atoms with E-state index in [0.29, 0.717) is 11.3 Å². The maximum absolute atomic E-state index is 13.0. The molecule has 0 fully saturated rings.